The number of aromatic nitrogens is 1. The molecule has 0 N–H and O–H groups in total. The third-order valence-electron chi connectivity index (χ3n) is 4.51. The van der Waals surface area contributed by atoms with Gasteiger partial charge in [-0.25, -0.2) is 4.79 Å². The third-order valence-corrected chi connectivity index (χ3v) is 4.51. The van der Waals surface area contributed by atoms with Gasteiger partial charge in [-0.15, -0.1) is 0 Å². The van der Waals surface area contributed by atoms with Crippen molar-refractivity contribution >= 4 is 16.9 Å². The van der Waals surface area contributed by atoms with E-state index < -0.39 is 5.97 Å². The molecular formula is C21H21NO3. The van der Waals surface area contributed by atoms with Crippen LogP contribution in [0.5, 0.6) is 0 Å². The summed E-state index contributed by atoms with van der Waals surface area (Å²) in [7, 11) is 3.29. The number of hydrogen-bond donors (Lipinski definition) is 0. The highest BCUT2D eigenvalue weighted by atomic mass is 16.5. The van der Waals surface area contributed by atoms with Crippen molar-refractivity contribution in [2.24, 2.45) is 7.05 Å². The van der Waals surface area contributed by atoms with Crippen LogP contribution in [0.2, 0.25) is 0 Å². The second-order valence-corrected chi connectivity index (χ2v) is 6.12. The summed E-state index contributed by atoms with van der Waals surface area (Å²) >= 11 is 0. The standard InChI is InChI=1S/C21H21NO3/c1-22-17(10-6-9-15-7-4-3-5-8-15)14-20(23)18-13-16(21(24)25-2)11-12-19(18)22/h3-5,7-8,11-14H,6,9-10H2,1-2H3. The van der Waals surface area contributed by atoms with Gasteiger partial charge in [0.25, 0.3) is 0 Å². The summed E-state index contributed by atoms with van der Waals surface area (Å²) in [5.41, 5.74) is 3.46. The molecule has 4 nitrogen and oxygen atoms in total. The van der Waals surface area contributed by atoms with Gasteiger partial charge in [-0.3, -0.25) is 4.79 Å². The Kier molecular flexibility index (Phi) is 4.98. The summed E-state index contributed by atoms with van der Waals surface area (Å²) in [4.78, 5) is 24.1. The zero-order valence-corrected chi connectivity index (χ0v) is 14.5. The van der Waals surface area contributed by atoms with Crippen LogP contribution in [0.15, 0.2) is 59.4 Å². The van der Waals surface area contributed by atoms with Gasteiger partial charge in [0.05, 0.1) is 18.2 Å². The van der Waals surface area contributed by atoms with Crippen LogP contribution in [0.4, 0.5) is 0 Å². The summed E-state index contributed by atoms with van der Waals surface area (Å²) in [5, 5.41) is 0.539. The van der Waals surface area contributed by atoms with E-state index in [1.54, 1.807) is 18.2 Å². The van der Waals surface area contributed by atoms with E-state index in [-0.39, 0.29) is 5.43 Å². The van der Waals surface area contributed by atoms with Crippen molar-refractivity contribution in [3.63, 3.8) is 0 Å². The molecule has 2 aromatic carbocycles. The number of benzene rings is 2. The number of aryl methyl sites for hydroxylation is 3. The average molecular weight is 335 g/mol. The normalized spacial score (nSPS) is 10.8. The molecule has 0 amide bonds. The monoisotopic (exact) mass is 335 g/mol. The molecular weight excluding hydrogens is 314 g/mol. The smallest absolute Gasteiger partial charge is 0.337 e. The minimum Gasteiger partial charge on any atom is -0.465 e. The Morgan fingerprint density at radius 1 is 1.04 bits per heavy atom. The van der Waals surface area contributed by atoms with Gasteiger partial charge >= 0.3 is 5.97 Å². The number of rotatable bonds is 5. The third kappa shape index (κ3) is 3.63. The van der Waals surface area contributed by atoms with Crippen LogP contribution in [0, 0.1) is 0 Å². The van der Waals surface area contributed by atoms with Crippen molar-refractivity contribution in [2.45, 2.75) is 19.3 Å². The molecule has 0 saturated carbocycles. The molecule has 0 fully saturated rings. The molecule has 4 heteroatoms. The molecule has 0 aliphatic heterocycles. The number of nitrogens with zero attached hydrogens (tertiary/aromatic N) is 1. The van der Waals surface area contributed by atoms with Crippen molar-refractivity contribution in [1.82, 2.24) is 4.57 Å². The summed E-state index contributed by atoms with van der Waals surface area (Å²) in [6.07, 6.45) is 2.78. The minimum atomic E-state index is -0.434. The van der Waals surface area contributed by atoms with Gasteiger partial charge in [0.2, 0.25) is 0 Å². The molecule has 128 valence electrons. The summed E-state index contributed by atoms with van der Waals surface area (Å²) < 4.78 is 6.76. The van der Waals surface area contributed by atoms with Gasteiger partial charge in [0, 0.05) is 24.2 Å². The first kappa shape index (κ1) is 17.0. The lowest BCUT2D eigenvalue weighted by Crippen LogP contribution is -2.13. The summed E-state index contributed by atoms with van der Waals surface area (Å²) in [5.74, 6) is -0.434. The molecule has 0 spiro atoms. The Balaban J connectivity index is 1.86. The van der Waals surface area contributed by atoms with E-state index in [0.29, 0.717) is 10.9 Å². The van der Waals surface area contributed by atoms with Crippen LogP contribution in [0.3, 0.4) is 0 Å². The quantitative estimate of drug-likeness (QED) is 0.671. The number of fused-ring (bicyclic) bond motifs is 1. The fraction of sp³-hybridized carbons (Fsp3) is 0.238. The van der Waals surface area contributed by atoms with Crippen LogP contribution in [0.1, 0.15) is 28.0 Å². The van der Waals surface area contributed by atoms with E-state index in [2.05, 4.69) is 12.1 Å². The molecule has 1 aromatic heterocycles. The van der Waals surface area contributed by atoms with E-state index in [9.17, 15) is 9.59 Å². The lowest BCUT2D eigenvalue weighted by molar-refractivity contribution is 0.0601. The average Bonchev–Trinajstić information content (AvgIpc) is 2.65. The van der Waals surface area contributed by atoms with E-state index in [1.807, 2.05) is 35.9 Å². The maximum absolute atomic E-state index is 12.5. The Hall–Kier alpha value is -2.88. The Bertz CT molecular complexity index is 958. The van der Waals surface area contributed by atoms with E-state index in [4.69, 9.17) is 4.74 Å². The topological polar surface area (TPSA) is 48.3 Å². The zero-order valence-electron chi connectivity index (χ0n) is 14.5. The maximum Gasteiger partial charge on any atom is 0.337 e. The van der Waals surface area contributed by atoms with Gasteiger partial charge in [0.1, 0.15) is 0 Å². The van der Waals surface area contributed by atoms with Crippen LogP contribution in [0.25, 0.3) is 10.9 Å². The minimum absolute atomic E-state index is 0.0615. The molecule has 0 aliphatic rings. The van der Waals surface area contributed by atoms with Crippen LogP contribution < -0.4 is 5.43 Å². The molecule has 0 saturated heterocycles. The SMILES string of the molecule is COC(=O)c1ccc2c(c1)c(=O)cc(CCCc1ccccc1)n2C. The zero-order chi connectivity index (χ0) is 17.8. The van der Waals surface area contributed by atoms with Gasteiger partial charge in [-0.2, -0.15) is 0 Å². The van der Waals surface area contributed by atoms with Gasteiger partial charge in [-0.1, -0.05) is 30.3 Å². The van der Waals surface area contributed by atoms with E-state index >= 15 is 0 Å². The summed E-state index contributed by atoms with van der Waals surface area (Å²) in [6, 6.07) is 17.1. The molecule has 1 heterocycles. The maximum atomic E-state index is 12.5. The number of methoxy groups -OCH3 is 1. The molecule has 3 aromatic rings. The highest BCUT2D eigenvalue weighted by molar-refractivity contribution is 5.94. The number of hydrogen-bond acceptors (Lipinski definition) is 3. The van der Waals surface area contributed by atoms with Crippen molar-refractivity contribution in [1.29, 1.82) is 0 Å². The fourth-order valence-corrected chi connectivity index (χ4v) is 3.11. The largest absolute Gasteiger partial charge is 0.465 e. The highest BCUT2D eigenvalue weighted by Crippen LogP contribution is 2.16. The van der Waals surface area contributed by atoms with Crippen LogP contribution >= 0.6 is 0 Å². The molecule has 3 rings (SSSR count). The first-order valence-corrected chi connectivity index (χ1v) is 8.35. The van der Waals surface area contributed by atoms with Crippen molar-refractivity contribution < 1.29 is 9.53 Å². The highest BCUT2D eigenvalue weighted by Gasteiger charge is 2.11. The van der Waals surface area contributed by atoms with Crippen molar-refractivity contribution in [3.05, 3.63) is 81.6 Å². The molecule has 0 aliphatic carbocycles. The second-order valence-electron chi connectivity index (χ2n) is 6.12. The number of esters is 1. The number of carbonyl (C=O) groups is 1. The van der Waals surface area contributed by atoms with E-state index in [1.165, 1.54) is 12.7 Å². The summed E-state index contributed by atoms with van der Waals surface area (Å²) in [6.45, 7) is 0. The Morgan fingerprint density at radius 2 is 1.80 bits per heavy atom. The second kappa shape index (κ2) is 7.34. The molecule has 0 atom stereocenters. The Labute approximate surface area is 146 Å². The predicted molar refractivity (Wildman–Crippen MR) is 99.0 cm³/mol. The van der Waals surface area contributed by atoms with Gasteiger partial charge in [-0.05, 0) is 43.0 Å². The number of pyridine rings is 1. The lowest BCUT2D eigenvalue weighted by Gasteiger charge is -2.13. The molecule has 0 radical (unpaired) electrons. The molecule has 0 bridgehead atoms. The van der Waals surface area contributed by atoms with Crippen LogP contribution in [-0.4, -0.2) is 17.6 Å². The molecule has 25 heavy (non-hydrogen) atoms. The number of ether oxygens (including phenoxy) is 1. The van der Waals surface area contributed by atoms with Crippen molar-refractivity contribution in [3.8, 4) is 0 Å². The fourth-order valence-electron chi connectivity index (χ4n) is 3.11. The lowest BCUT2D eigenvalue weighted by atomic mass is 10.0. The van der Waals surface area contributed by atoms with Crippen molar-refractivity contribution in [2.75, 3.05) is 7.11 Å². The first-order valence-electron chi connectivity index (χ1n) is 8.35. The predicted octanol–water partition coefficient (Wildman–Crippen LogP) is 3.50. The number of carbonyl (C=O) groups excluding carboxylic acids is 1. The Morgan fingerprint density at radius 3 is 2.52 bits per heavy atom. The van der Waals surface area contributed by atoms with Gasteiger partial charge in [0.15, 0.2) is 5.43 Å². The first-order chi connectivity index (χ1) is 12.1. The van der Waals surface area contributed by atoms with Gasteiger partial charge < -0.3 is 9.30 Å². The van der Waals surface area contributed by atoms with E-state index in [0.717, 1.165) is 30.5 Å². The van der Waals surface area contributed by atoms with Crippen LogP contribution in [-0.2, 0) is 24.6 Å². The molecule has 0 unspecified atom stereocenters.